The number of halogens is 1. The Bertz CT molecular complexity index is 1450. The van der Waals surface area contributed by atoms with E-state index >= 15 is 0 Å². The van der Waals surface area contributed by atoms with Crippen molar-refractivity contribution < 1.29 is 9.18 Å². The van der Waals surface area contributed by atoms with Gasteiger partial charge in [-0.15, -0.1) is 0 Å². The molecule has 1 atom stereocenters. The quantitative estimate of drug-likeness (QED) is 0.388. The van der Waals surface area contributed by atoms with Crippen molar-refractivity contribution in [2.24, 2.45) is 10.1 Å². The largest absolute Gasteiger partial charge is 0.272 e. The Morgan fingerprint density at radius 2 is 1.60 bits per heavy atom. The number of nitrogens with zero attached hydrogens (tertiary/aromatic N) is 5. The predicted octanol–water partition coefficient (Wildman–Crippen LogP) is 5.46. The molecular weight excluding hydrogens is 461 g/mol. The highest BCUT2D eigenvalue weighted by Gasteiger charge is 2.37. The molecule has 0 spiro atoms. The molecule has 0 aliphatic carbocycles. The fourth-order valence-corrected chi connectivity index (χ4v) is 5.11. The van der Waals surface area contributed by atoms with E-state index in [0.29, 0.717) is 17.3 Å². The summed E-state index contributed by atoms with van der Waals surface area (Å²) in [4.78, 5) is 16.2. The zero-order chi connectivity index (χ0) is 23.8. The number of amides is 1. The minimum absolute atomic E-state index is 0.161. The van der Waals surface area contributed by atoms with Crippen molar-refractivity contribution in [2.45, 2.75) is 12.5 Å². The van der Waals surface area contributed by atoms with Crippen molar-refractivity contribution >= 4 is 28.5 Å². The topological polar surface area (TPSA) is 62.9 Å². The summed E-state index contributed by atoms with van der Waals surface area (Å²) >= 11 is 1.39. The number of para-hydroxylation sites is 1. The van der Waals surface area contributed by atoms with Gasteiger partial charge in [-0.05, 0) is 42.0 Å². The average Bonchev–Trinajstić information content (AvgIpc) is 3.63. The Kier molecular flexibility index (Phi) is 5.50. The Hall–Kier alpha value is -4.04. The van der Waals surface area contributed by atoms with E-state index in [9.17, 15) is 9.18 Å². The molecule has 0 radical (unpaired) electrons. The third-order valence-electron chi connectivity index (χ3n) is 6.00. The summed E-state index contributed by atoms with van der Waals surface area (Å²) < 4.78 is 15.5. The number of carbonyl (C=O) groups is 1. The summed E-state index contributed by atoms with van der Waals surface area (Å²) in [6.07, 6.45) is 2.61. The molecule has 4 aromatic rings. The van der Waals surface area contributed by atoms with Gasteiger partial charge in [0.2, 0.25) is 0 Å². The van der Waals surface area contributed by atoms with Gasteiger partial charge >= 0.3 is 0 Å². The molecule has 0 saturated heterocycles. The first kappa shape index (κ1) is 21.5. The second kappa shape index (κ2) is 8.96. The first-order chi connectivity index (χ1) is 17.2. The van der Waals surface area contributed by atoms with E-state index in [-0.39, 0.29) is 17.8 Å². The molecule has 1 aromatic heterocycles. The van der Waals surface area contributed by atoms with Crippen LogP contribution in [0.5, 0.6) is 0 Å². The predicted molar refractivity (Wildman–Crippen MR) is 136 cm³/mol. The number of aliphatic imine (C=N–C) groups is 1. The average molecular weight is 482 g/mol. The summed E-state index contributed by atoms with van der Waals surface area (Å²) in [5.74, 6) is -0.154. The maximum atomic E-state index is 13.7. The third kappa shape index (κ3) is 4.17. The molecule has 3 heterocycles. The third-order valence-corrected chi connectivity index (χ3v) is 6.93. The smallest absolute Gasteiger partial charge is 0.258 e. The summed E-state index contributed by atoms with van der Waals surface area (Å²) in [7, 11) is 0. The molecular formula is C27H20FN5OS. The fourth-order valence-electron chi connectivity index (χ4n) is 4.33. The van der Waals surface area contributed by atoms with Crippen LogP contribution < -0.4 is 0 Å². The Balaban J connectivity index is 1.49. The van der Waals surface area contributed by atoms with Crippen LogP contribution >= 0.6 is 11.8 Å². The van der Waals surface area contributed by atoms with Crippen LogP contribution in [-0.4, -0.2) is 37.3 Å². The maximum absolute atomic E-state index is 13.7. The molecule has 3 aromatic carbocycles. The van der Waals surface area contributed by atoms with Crippen LogP contribution in [0.25, 0.3) is 16.9 Å². The molecule has 172 valence electrons. The lowest BCUT2D eigenvalue weighted by atomic mass is 9.96. The zero-order valence-corrected chi connectivity index (χ0v) is 19.4. The Morgan fingerprint density at radius 3 is 2.29 bits per heavy atom. The van der Waals surface area contributed by atoms with Crippen molar-refractivity contribution in [3.8, 4) is 16.9 Å². The van der Waals surface area contributed by atoms with Crippen LogP contribution in [0.1, 0.15) is 23.6 Å². The second-order valence-electron chi connectivity index (χ2n) is 8.27. The zero-order valence-electron chi connectivity index (χ0n) is 18.6. The van der Waals surface area contributed by atoms with Gasteiger partial charge in [0.05, 0.1) is 28.9 Å². The van der Waals surface area contributed by atoms with Crippen molar-refractivity contribution in [1.29, 1.82) is 0 Å². The molecule has 2 aliphatic heterocycles. The standard InChI is InChI=1S/C27H20FN5OS/c28-20-13-11-19(12-14-20)26-22(16-32(31-26)21-9-5-2-6-10-21)24-15-23(18-7-3-1-4-8-18)30-33(24)27-29-25(34)17-35-27/h1-14,16,24H,15,17H2. The number of hydrogen-bond donors (Lipinski definition) is 0. The summed E-state index contributed by atoms with van der Waals surface area (Å²) in [5.41, 5.74) is 5.32. The van der Waals surface area contributed by atoms with Crippen molar-refractivity contribution in [3.63, 3.8) is 0 Å². The minimum Gasteiger partial charge on any atom is -0.272 e. The van der Waals surface area contributed by atoms with Crippen LogP contribution in [0, 0.1) is 5.82 Å². The fraction of sp³-hybridized carbons (Fsp3) is 0.111. The molecule has 8 heteroatoms. The van der Waals surface area contributed by atoms with E-state index in [1.807, 2.05) is 76.6 Å². The molecule has 1 unspecified atom stereocenters. The monoisotopic (exact) mass is 481 g/mol. The highest BCUT2D eigenvalue weighted by molar-refractivity contribution is 8.14. The number of hydrogen-bond acceptors (Lipinski definition) is 5. The van der Waals surface area contributed by atoms with Gasteiger partial charge in [-0.25, -0.2) is 14.1 Å². The lowest BCUT2D eigenvalue weighted by Gasteiger charge is -2.22. The van der Waals surface area contributed by atoms with Crippen LogP contribution in [0.15, 0.2) is 101 Å². The highest BCUT2D eigenvalue weighted by atomic mass is 32.2. The number of thioether (sulfide) groups is 1. The van der Waals surface area contributed by atoms with E-state index in [2.05, 4.69) is 4.99 Å². The van der Waals surface area contributed by atoms with Gasteiger partial charge in [0.15, 0.2) is 5.17 Å². The number of carbonyl (C=O) groups excluding carboxylic acids is 1. The van der Waals surface area contributed by atoms with Crippen molar-refractivity contribution in [3.05, 3.63) is 108 Å². The molecule has 6 rings (SSSR count). The molecule has 6 nitrogen and oxygen atoms in total. The van der Waals surface area contributed by atoms with Gasteiger partial charge in [0.25, 0.3) is 5.91 Å². The Labute approximate surface area is 205 Å². The van der Waals surface area contributed by atoms with Crippen LogP contribution in [0.2, 0.25) is 0 Å². The number of hydrazone groups is 1. The molecule has 1 amide bonds. The van der Waals surface area contributed by atoms with Gasteiger partial charge in [-0.2, -0.15) is 15.2 Å². The molecule has 0 N–H and O–H groups in total. The molecule has 0 bridgehead atoms. The van der Waals surface area contributed by atoms with E-state index < -0.39 is 0 Å². The molecule has 2 aliphatic rings. The van der Waals surface area contributed by atoms with E-state index in [0.717, 1.165) is 33.8 Å². The van der Waals surface area contributed by atoms with Crippen LogP contribution in [-0.2, 0) is 4.79 Å². The summed E-state index contributed by atoms with van der Waals surface area (Å²) in [6.45, 7) is 0. The number of rotatable bonds is 4. The normalized spacial score (nSPS) is 17.6. The van der Waals surface area contributed by atoms with Gasteiger partial charge in [-0.3, -0.25) is 4.79 Å². The summed E-state index contributed by atoms with van der Waals surface area (Å²) in [5, 5.41) is 12.2. The SMILES string of the molecule is O=C1CSC(N2N=C(c3ccccc3)CC2c2cn(-c3ccccc3)nc2-c2ccc(F)cc2)=N1. The first-order valence-corrected chi connectivity index (χ1v) is 12.2. The number of aromatic nitrogens is 2. The maximum Gasteiger partial charge on any atom is 0.258 e. The summed E-state index contributed by atoms with van der Waals surface area (Å²) in [6, 6.07) is 26.0. The van der Waals surface area contributed by atoms with Crippen molar-refractivity contribution in [1.82, 2.24) is 14.8 Å². The first-order valence-electron chi connectivity index (χ1n) is 11.2. The number of benzene rings is 3. The minimum atomic E-state index is -0.301. The lowest BCUT2D eigenvalue weighted by Crippen LogP contribution is -2.24. The molecule has 35 heavy (non-hydrogen) atoms. The second-order valence-corrected chi connectivity index (χ2v) is 9.22. The Morgan fingerprint density at radius 1 is 0.886 bits per heavy atom. The van der Waals surface area contributed by atoms with E-state index in [4.69, 9.17) is 10.2 Å². The molecule has 0 fully saturated rings. The van der Waals surface area contributed by atoms with E-state index in [1.54, 1.807) is 12.1 Å². The highest BCUT2D eigenvalue weighted by Crippen LogP contribution is 2.40. The van der Waals surface area contributed by atoms with Crippen molar-refractivity contribution in [2.75, 3.05) is 5.75 Å². The molecule has 0 saturated carbocycles. The van der Waals surface area contributed by atoms with Gasteiger partial charge in [0, 0.05) is 23.7 Å². The van der Waals surface area contributed by atoms with Crippen LogP contribution in [0.3, 0.4) is 0 Å². The van der Waals surface area contributed by atoms with Gasteiger partial charge in [0.1, 0.15) is 5.82 Å². The lowest BCUT2D eigenvalue weighted by molar-refractivity contribution is -0.115. The number of amidine groups is 1. The van der Waals surface area contributed by atoms with Crippen LogP contribution in [0.4, 0.5) is 4.39 Å². The van der Waals surface area contributed by atoms with Gasteiger partial charge < -0.3 is 0 Å². The van der Waals surface area contributed by atoms with Gasteiger partial charge in [-0.1, -0.05) is 60.3 Å². The van der Waals surface area contributed by atoms with E-state index in [1.165, 1.54) is 23.9 Å².